The van der Waals surface area contributed by atoms with Crippen LogP contribution in [0.3, 0.4) is 0 Å². The van der Waals surface area contributed by atoms with Gasteiger partial charge in [0.1, 0.15) is 12.4 Å². The van der Waals surface area contributed by atoms with Gasteiger partial charge in [-0.25, -0.2) is 4.39 Å². The molecule has 0 heterocycles. The zero-order valence-corrected chi connectivity index (χ0v) is 14.6. The van der Waals surface area contributed by atoms with Crippen LogP contribution in [0.5, 0.6) is 0 Å². The summed E-state index contributed by atoms with van der Waals surface area (Å²) in [7, 11) is 1.93. The molecular formula is C19H23FN3O2+. The summed E-state index contributed by atoms with van der Waals surface area (Å²) in [5.74, 6) is -1.20. The van der Waals surface area contributed by atoms with E-state index in [1.54, 1.807) is 6.92 Å². The minimum absolute atomic E-state index is 0.273. The molecule has 2 aromatic rings. The number of carbonyl (C=O) groups is 2. The Kier molecular flexibility index (Phi) is 6.25. The summed E-state index contributed by atoms with van der Waals surface area (Å²) in [5.41, 5.74) is 7.41. The maximum atomic E-state index is 12.9. The maximum absolute atomic E-state index is 12.9. The van der Waals surface area contributed by atoms with Gasteiger partial charge in [-0.2, -0.15) is 0 Å². The first-order valence-corrected chi connectivity index (χ1v) is 8.11. The Bertz CT molecular complexity index is 747. The monoisotopic (exact) mass is 344 g/mol. The van der Waals surface area contributed by atoms with Gasteiger partial charge in [0.25, 0.3) is 11.8 Å². The normalized spacial score (nSPS) is 13.0. The number of carbonyl (C=O) groups excluding carboxylic acids is 2. The smallest absolute Gasteiger partial charge is 0.296 e. The second-order valence-electron chi connectivity index (χ2n) is 6.12. The number of amides is 2. The van der Waals surface area contributed by atoms with Crippen LogP contribution in [-0.2, 0) is 11.3 Å². The van der Waals surface area contributed by atoms with Gasteiger partial charge in [-0.1, -0.05) is 24.3 Å². The molecule has 132 valence electrons. The van der Waals surface area contributed by atoms with E-state index in [4.69, 9.17) is 0 Å². The van der Waals surface area contributed by atoms with Crippen LogP contribution >= 0.6 is 0 Å². The summed E-state index contributed by atoms with van der Waals surface area (Å²) in [6.45, 7) is 4.54. The predicted molar refractivity (Wildman–Crippen MR) is 93.2 cm³/mol. The zero-order chi connectivity index (χ0) is 18.4. The number of benzene rings is 2. The minimum Gasteiger partial charge on any atom is -0.324 e. The first-order chi connectivity index (χ1) is 11.9. The molecule has 0 aromatic heterocycles. The van der Waals surface area contributed by atoms with E-state index in [0.717, 1.165) is 4.90 Å². The molecule has 0 saturated heterocycles. The van der Waals surface area contributed by atoms with Crippen LogP contribution in [-0.4, -0.2) is 24.9 Å². The quantitative estimate of drug-likeness (QED) is 0.709. The molecule has 2 atom stereocenters. The van der Waals surface area contributed by atoms with Crippen LogP contribution in [0.4, 0.5) is 4.39 Å². The molecule has 2 amide bonds. The fraction of sp³-hybridized carbons (Fsp3) is 0.263. The minimum atomic E-state index is -0.489. The summed E-state index contributed by atoms with van der Waals surface area (Å²) < 4.78 is 12.9. The van der Waals surface area contributed by atoms with Crippen LogP contribution in [0.1, 0.15) is 28.4 Å². The topological polar surface area (TPSA) is 62.6 Å². The Labute approximate surface area is 146 Å². The Balaban J connectivity index is 1.88. The lowest BCUT2D eigenvalue weighted by molar-refractivity contribution is -0.908. The van der Waals surface area contributed by atoms with Gasteiger partial charge < -0.3 is 4.90 Å². The Morgan fingerprint density at radius 1 is 1.08 bits per heavy atom. The first kappa shape index (κ1) is 18.6. The maximum Gasteiger partial charge on any atom is 0.296 e. The zero-order valence-electron chi connectivity index (χ0n) is 14.6. The molecule has 25 heavy (non-hydrogen) atoms. The van der Waals surface area contributed by atoms with Crippen LogP contribution in [0.15, 0.2) is 48.5 Å². The molecule has 0 fully saturated rings. The molecule has 0 aliphatic heterocycles. The highest BCUT2D eigenvalue weighted by Gasteiger charge is 2.22. The van der Waals surface area contributed by atoms with Crippen molar-refractivity contribution < 1.29 is 18.9 Å². The van der Waals surface area contributed by atoms with E-state index in [1.807, 2.05) is 38.2 Å². The van der Waals surface area contributed by atoms with Gasteiger partial charge >= 0.3 is 0 Å². The van der Waals surface area contributed by atoms with E-state index in [0.29, 0.717) is 6.54 Å². The fourth-order valence-electron chi connectivity index (χ4n) is 2.39. The molecule has 0 aliphatic carbocycles. The van der Waals surface area contributed by atoms with Crippen molar-refractivity contribution in [2.45, 2.75) is 26.4 Å². The lowest BCUT2D eigenvalue weighted by atomic mass is 10.1. The number of quaternary nitrogens is 1. The van der Waals surface area contributed by atoms with Crippen molar-refractivity contribution in [1.29, 1.82) is 0 Å². The molecule has 2 rings (SSSR count). The second kappa shape index (κ2) is 8.39. The molecular weight excluding hydrogens is 321 g/mol. The van der Waals surface area contributed by atoms with Gasteiger partial charge in [-0.05, 0) is 43.7 Å². The van der Waals surface area contributed by atoms with Crippen molar-refractivity contribution in [3.63, 3.8) is 0 Å². The number of rotatable bonds is 5. The third-order valence-corrected chi connectivity index (χ3v) is 4.27. The van der Waals surface area contributed by atoms with E-state index in [-0.39, 0.29) is 17.5 Å². The van der Waals surface area contributed by atoms with Gasteiger partial charge in [0.15, 0.2) is 6.04 Å². The summed E-state index contributed by atoms with van der Waals surface area (Å²) in [6, 6.07) is 12.8. The predicted octanol–water partition coefficient (Wildman–Crippen LogP) is 0.999. The van der Waals surface area contributed by atoms with Crippen LogP contribution in [0.25, 0.3) is 0 Å². The van der Waals surface area contributed by atoms with Gasteiger partial charge in [0.2, 0.25) is 0 Å². The van der Waals surface area contributed by atoms with E-state index in [9.17, 15) is 14.0 Å². The number of hydrazine groups is 1. The number of hydrogen-bond acceptors (Lipinski definition) is 2. The molecule has 2 aromatic carbocycles. The SMILES string of the molecule is Cc1ccccc1C[NH+](C)[C@H](C)C(=O)NNC(=O)c1ccc(F)cc1. The highest BCUT2D eigenvalue weighted by atomic mass is 19.1. The molecule has 0 spiro atoms. The van der Waals surface area contributed by atoms with Crippen molar-refractivity contribution in [2.24, 2.45) is 0 Å². The number of hydrogen-bond donors (Lipinski definition) is 3. The van der Waals surface area contributed by atoms with Crippen molar-refractivity contribution >= 4 is 11.8 Å². The Hall–Kier alpha value is -2.73. The molecule has 0 aliphatic rings. The van der Waals surface area contributed by atoms with Gasteiger partial charge in [0.05, 0.1) is 7.05 Å². The second-order valence-corrected chi connectivity index (χ2v) is 6.12. The molecule has 6 heteroatoms. The fourth-order valence-corrected chi connectivity index (χ4v) is 2.39. The summed E-state index contributed by atoms with van der Waals surface area (Å²) in [5, 5.41) is 0. The third-order valence-electron chi connectivity index (χ3n) is 4.27. The van der Waals surface area contributed by atoms with E-state index >= 15 is 0 Å². The highest BCUT2D eigenvalue weighted by molar-refractivity contribution is 5.95. The standard InChI is InChI=1S/C19H22FN3O2/c1-13-6-4-5-7-16(13)12-23(3)14(2)18(24)21-22-19(25)15-8-10-17(20)11-9-15/h4-11,14H,12H2,1-3H3,(H,21,24)(H,22,25)/p+1/t14-/m1/s1. The van der Waals surface area contributed by atoms with Crippen LogP contribution in [0, 0.1) is 12.7 Å². The molecule has 0 bridgehead atoms. The van der Waals surface area contributed by atoms with Crippen molar-refractivity contribution in [3.8, 4) is 0 Å². The van der Waals surface area contributed by atoms with E-state index in [2.05, 4.69) is 10.9 Å². The van der Waals surface area contributed by atoms with E-state index < -0.39 is 11.7 Å². The summed E-state index contributed by atoms with van der Waals surface area (Å²) >= 11 is 0. The van der Waals surface area contributed by atoms with Gasteiger partial charge in [-0.3, -0.25) is 20.4 Å². The number of likely N-dealkylation sites (N-methyl/N-ethyl adjacent to an activating group) is 1. The summed E-state index contributed by atoms with van der Waals surface area (Å²) in [6.07, 6.45) is 0. The molecule has 5 nitrogen and oxygen atoms in total. The Morgan fingerprint density at radius 3 is 2.36 bits per heavy atom. The third kappa shape index (κ3) is 5.12. The van der Waals surface area contributed by atoms with Crippen LogP contribution in [0.2, 0.25) is 0 Å². The summed E-state index contributed by atoms with van der Waals surface area (Å²) in [4.78, 5) is 25.2. The average Bonchev–Trinajstić information content (AvgIpc) is 2.61. The lowest BCUT2D eigenvalue weighted by Gasteiger charge is -2.22. The van der Waals surface area contributed by atoms with Gasteiger partial charge in [-0.15, -0.1) is 0 Å². The van der Waals surface area contributed by atoms with Crippen molar-refractivity contribution in [3.05, 3.63) is 71.0 Å². The van der Waals surface area contributed by atoms with E-state index in [1.165, 1.54) is 35.4 Å². The van der Waals surface area contributed by atoms with Crippen LogP contribution < -0.4 is 15.8 Å². The first-order valence-electron chi connectivity index (χ1n) is 8.11. The molecule has 0 saturated carbocycles. The number of halogens is 1. The molecule has 3 N–H and O–H groups in total. The highest BCUT2D eigenvalue weighted by Crippen LogP contribution is 2.05. The molecule has 1 unspecified atom stereocenters. The largest absolute Gasteiger partial charge is 0.324 e. The molecule has 0 radical (unpaired) electrons. The Morgan fingerprint density at radius 2 is 1.72 bits per heavy atom. The lowest BCUT2D eigenvalue weighted by Crippen LogP contribution is -3.12. The number of nitrogens with one attached hydrogen (secondary N) is 3. The van der Waals surface area contributed by atoms with Gasteiger partial charge in [0, 0.05) is 11.1 Å². The average molecular weight is 344 g/mol. The van der Waals surface area contributed by atoms with Crippen molar-refractivity contribution in [2.75, 3.05) is 7.05 Å². The van der Waals surface area contributed by atoms with Crippen molar-refractivity contribution in [1.82, 2.24) is 10.9 Å². The number of aryl methyl sites for hydroxylation is 1.